The molecule has 1 aromatic rings. The molecule has 0 aliphatic rings. The van der Waals surface area contributed by atoms with E-state index in [-0.39, 0.29) is 6.42 Å². The van der Waals surface area contributed by atoms with Crippen molar-refractivity contribution in [1.82, 2.24) is 0 Å². The minimum Gasteiger partial charge on any atom is -0.481 e. The van der Waals surface area contributed by atoms with Gasteiger partial charge in [0.2, 0.25) is 0 Å². The van der Waals surface area contributed by atoms with E-state index < -0.39 is 5.97 Å². The Labute approximate surface area is 104 Å². The number of thiophene rings is 1. The molecule has 14 heavy (non-hydrogen) atoms. The summed E-state index contributed by atoms with van der Waals surface area (Å²) in [5.41, 5.74) is 1.26. The van der Waals surface area contributed by atoms with Gasteiger partial charge in [-0.05, 0) is 62.8 Å². The van der Waals surface area contributed by atoms with Crippen molar-refractivity contribution in [3.8, 4) is 0 Å². The van der Waals surface area contributed by atoms with Crippen molar-refractivity contribution >= 4 is 49.2 Å². The highest BCUT2D eigenvalue weighted by molar-refractivity contribution is 9.12. The lowest BCUT2D eigenvalue weighted by atomic mass is 10.1. The summed E-state index contributed by atoms with van der Waals surface area (Å²) in [5.74, 6) is -0.712. The third-order valence-electron chi connectivity index (χ3n) is 1.81. The second kappa shape index (κ2) is 5.88. The van der Waals surface area contributed by atoms with Crippen LogP contribution in [0, 0.1) is 0 Å². The van der Waals surface area contributed by atoms with E-state index in [0.29, 0.717) is 0 Å². The molecule has 5 heteroatoms. The Morgan fingerprint density at radius 3 is 2.64 bits per heavy atom. The normalized spacial score (nSPS) is 10.4. The van der Waals surface area contributed by atoms with Crippen LogP contribution in [0.3, 0.4) is 0 Å². The summed E-state index contributed by atoms with van der Waals surface area (Å²) in [5, 5.41) is 8.45. The fourth-order valence-electron chi connectivity index (χ4n) is 1.14. The molecule has 0 bridgehead atoms. The zero-order valence-corrected chi connectivity index (χ0v) is 11.4. The van der Waals surface area contributed by atoms with E-state index in [1.165, 1.54) is 5.56 Å². The summed E-state index contributed by atoms with van der Waals surface area (Å²) in [6, 6.07) is 2.08. The van der Waals surface area contributed by atoms with Gasteiger partial charge >= 0.3 is 5.97 Å². The molecule has 0 aliphatic carbocycles. The van der Waals surface area contributed by atoms with Gasteiger partial charge in [-0.15, -0.1) is 11.3 Å². The quantitative estimate of drug-likeness (QED) is 0.819. The summed E-state index contributed by atoms with van der Waals surface area (Å²) in [4.78, 5) is 10.3. The lowest BCUT2D eigenvalue weighted by Crippen LogP contribution is -1.94. The van der Waals surface area contributed by atoms with Gasteiger partial charge in [0, 0.05) is 6.42 Å². The number of aryl methyl sites for hydroxylation is 1. The number of halogens is 2. The molecule has 0 aliphatic heterocycles. The van der Waals surface area contributed by atoms with Crippen molar-refractivity contribution in [1.29, 1.82) is 0 Å². The molecular formula is C9H10Br2O2S. The van der Waals surface area contributed by atoms with Crippen LogP contribution in [0.2, 0.25) is 0 Å². The second-order valence-corrected chi connectivity index (χ2v) is 6.70. The summed E-state index contributed by atoms with van der Waals surface area (Å²) < 4.78 is 2.25. The zero-order chi connectivity index (χ0) is 10.6. The van der Waals surface area contributed by atoms with Crippen molar-refractivity contribution in [3.63, 3.8) is 0 Å². The molecule has 0 fully saturated rings. The van der Waals surface area contributed by atoms with Gasteiger partial charge in [-0.3, -0.25) is 4.79 Å². The predicted octanol–water partition coefficient (Wildman–Crippen LogP) is 4.07. The molecule has 0 saturated heterocycles. The Balaban J connectivity index is 2.31. The molecule has 0 radical (unpaired) electrons. The first-order valence-electron chi connectivity index (χ1n) is 4.25. The standard InChI is InChI=1S/C9H10Br2O2S/c10-7-5-6(9(11)14-7)3-1-2-4-8(12)13/h5H,1-4H2,(H,12,13). The van der Waals surface area contributed by atoms with E-state index in [1.807, 2.05) is 0 Å². The molecule has 0 atom stereocenters. The summed E-state index contributed by atoms with van der Waals surface area (Å²) in [6.07, 6.45) is 2.88. The van der Waals surface area contributed by atoms with Crippen molar-refractivity contribution in [2.75, 3.05) is 0 Å². The summed E-state index contributed by atoms with van der Waals surface area (Å²) >= 11 is 8.53. The van der Waals surface area contributed by atoms with Gasteiger partial charge in [0.1, 0.15) is 0 Å². The first kappa shape index (κ1) is 12.2. The van der Waals surface area contributed by atoms with Crippen LogP contribution in [-0.2, 0) is 11.2 Å². The molecule has 0 spiro atoms. The van der Waals surface area contributed by atoms with Gasteiger partial charge in [0.25, 0.3) is 0 Å². The molecule has 1 rings (SSSR count). The minimum atomic E-state index is -0.712. The van der Waals surface area contributed by atoms with Gasteiger partial charge in [-0.2, -0.15) is 0 Å². The summed E-state index contributed by atoms with van der Waals surface area (Å²) in [7, 11) is 0. The molecule has 1 heterocycles. The highest BCUT2D eigenvalue weighted by atomic mass is 79.9. The Morgan fingerprint density at radius 1 is 1.43 bits per heavy atom. The van der Waals surface area contributed by atoms with Crippen molar-refractivity contribution in [3.05, 3.63) is 19.2 Å². The maximum absolute atomic E-state index is 10.3. The van der Waals surface area contributed by atoms with Gasteiger partial charge in [0.05, 0.1) is 7.57 Å². The van der Waals surface area contributed by atoms with E-state index in [9.17, 15) is 4.79 Å². The van der Waals surface area contributed by atoms with Gasteiger partial charge in [-0.25, -0.2) is 0 Å². The van der Waals surface area contributed by atoms with E-state index in [4.69, 9.17) is 5.11 Å². The Bertz CT molecular complexity index is 323. The van der Waals surface area contributed by atoms with Crippen LogP contribution < -0.4 is 0 Å². The van der Waals surface area contributed by atoms with Crippen LogP contribution in [0.5, 0.6) is 0 Å². The number of carboxylic acids is 1. The third kappa shape index (κ3) is 4.11. The number of unbranched alkanes of at least 4 members (excludes halogenated alkanes) is 1. The van der Waals surface area contributed by atoms with Crippen molar-refractivity contribution < 1.29 is 9.90 Å². The largest absolute Gasteiger partial charge is 0.481 e. The van der Waals surface area contributed by atoms with Gasteiger partial charge in [-0.1, -0.05) is 0 Å². The lowest BCUT2D eigenvalue weighted by Gasteiger charge is -1.97. The second-order valence-electron chi connectivity index (χ2n) is 2.95. The topological polar surface area (TPSA) is 37.3 Å². The molecular weight excluding hydrogens is 332 g/mol. The van der Waals surface area contributed by atoms with E-state index in [2.05, 4.69) is 37.9 Å². The molecule has 2 nitrogen and oxygen atoms in total. The smallest absolute Gasteiger partial charge is 0.303 e. The molecule has 1 N–H and O–H groups in total. The third-order valence-corrected chi connectivity index (χ3v) is 4.28. The summed E-state index contributed by atoms with van der Waals surface area (Å²) in [6.45, 7) is 0. The van der Waals surface area contributed by atoms with E-state index in [1.54, 1.807) is 11.3 Å². The number of hydrogen-bond acceptors (Lipinski definition) is 2. The Hall–Kier alpha value is 0.130. The fourth-order valence-corrected chi connectivity index (χ4v) is 4.05. The lowest BCUT2D eigenvalue weighted by molar-refractivity contribution is -0.137. The minimum absolute atomic E-state index is 0.267. The molecule has 0 amide bonds. The number of aliphatic carboxylic acids is 1. The van der Waals surface area contributed by atoms with Crippen molar-refractivity contribution in [2.45, 2.75) is 25.7 Å². The molecule has 0 saturated carbocycles. The van der Waals surface area contributed by atoms with Gasteiger partial charge < -0.3 is 5.11 Å². The monoisotopic (exact) mass is 340 g/mol. The average molecular weight is 342 g/mol. The zero-order valence-electron chi connectivity index (χ0n) is 7.43. The number of carbonyl (C=O) groups is 1. The Morgan fingerprint density at radius 2 is 2.14 bits per heavy atom. The highest BCUT2D eigenvalue weighted by Gasteiger charge is 2.05. The fraction of sp³-hybridized carbons (Fsp3) is 0.444. The first-order valence-corrected chi connectivity index (χ1v) is 6.65. The van der Waals surface area contributed by atoms with Crippen LogP contribution in [0.25, 0.3) is 0 Å². The van der Waals surface area contributed by atoms with Crippen molar-refractivity contribution in [2.24, 2.45) is 0 Å². The number of carboxylic acid groups (broad SMARTS) is 1. The van der Waals surface area contributed by atoms with E-state index in [0.717, 1.165) is 26.8 Å². The number of rotatable bonds is 5. The Kier molecular flexibility index (Phi) is 5.12. The predicted molar refractivity (Wildman–Crippen MR) is 64.9 cm³/mol. The first-order chi connectivity index (χ1) is 6.59. The molecule has 1 aromatic heterocycles. The number of hydrogen-bond donors (Lipinski definition) is 1. The highest BCUT2D eigenvalue weighted by Crippen LogP contribution is 2.32. The van der Waals surface area contributed by atoms with Crippen LogP contribution in [0.4, 0.5) is 0 Å². The molecule has 0 aromatic carbocycles. The maximum Gasteiger partial charge on any atom is 0.303 e. The maximum atomic E-state index is 10.3. The molecule has 78 valence electrons. The van der Waals surface area contributed by atoms with E-state index >= 15 is 0 Å². The SMILES string of the molecule is O=C(O)CCCCc1cc(Br)sc1Br. The van der Waals surface area contributed by atoms with Gasteiger partial charge in [0.15, 0.2) is 0 Å². The van der Waals surface area contributed by atoms with Crippen LogP contribution in [0.1, 0.15) is 24.8 Å². The van der Waals surface area contributed by atoms with Crippen LogP contribution in [-0.4, -0.2) is 11.1 Å². The average Bonchev–Trinajstić information content (AvgIpc) is 2.39. The van der Waals surface area contributed by atoms with Crippen LogP contribution in [0.15, 0.2) is 13.6 Å². The molecule has 0 unspecified atom stereocenters. The van der Waals surface area contributed by atoms with Crippen LogP contribution >= 0.6 is 43.2 Å².